The summed E-state index contributed by atoms with van der Waals surface area (Å²) in [5, 5.41) is 0. The summed E-state index contributed by atoms with van der Waals surface area (Å²) < 4.78 is 0. The van der Waals surface area contributed by atoms with Crippen LogP contribution in [0.25, 0.3) is 0 Å². The molecule has 86 valence electrons. The molecule has 3 nitrogen and oxygen atoms in total. The van der Waals surface area contributed by atoms with E-state index in [1.165, 1.54) is 25.7 Å². The van der Waals surface area contributed by atoms with Crippen LogP contribution >= 0.6 is 0 Å². The highest BCUT2D eigenvalue weighted by molar-refractivity contribution is 5.77. The number of fused-ring (bicyclic) bond motifs is 2. The molecule has 3 unspecified atom stereocenters. The highest BCUT2D eigenvalue weighted by Crippen LogP contribution is 2.48. The quantitative estimate of drug-likeness (QED) is 0.567. The maximum atomic E-state index is 5.88. The highest BCUT2D eigenvalue weighted by atomic mass is 15.2. The zero-order valence-electron chi connectivity index (χ0n) is 9.95. The summed E-state index contributed by atoms with van der Waals surface area (Å²) in [7, 11) is 2.07. The average Bonchev–Trinajstić information content (AvgIpc) is 2.79. The molecule has 2 rings (SSSR count). The fourth-order valence-corrected chi connectivity index (χ4v) is 3.33. The van der Waals surface area contributed by atoms with Crippen molar-refractivity contribution >= 4 is 5.96 Å². The summed E-state index contributed by atoms with van der Waals surface area (Å²) in [5.74, 6) is 3.59. The maximum Gasteiger partial charge on any atom is 0.190 e. The molecule has 3 atom stereocenters. The minimum absolute atomic E-state index is 0.709. The van der Waals surface area contributed by atoms with Crippen molar-refractivity contribution in [2.24, 2.45) is 28.5 Å². The van der Waals surface area contributed by atoms with Crippen LogP contribution in [0.3, 0.4) is 0 Å². The van der Waals surface area contributed by atoms with Crippen molar-refractivity contribution < 1.29 is 0 Å². The minimum atomic E-state index is 0.709. The molecule has 2 aliphatic carbocycles. The highest BCUT2D eigenvalue weighted by Gasteiger charge is 2.39. The number of nitrogens with zero attached hydrogens (tertiary/aromatic N) is 2. The van der Waals surface area contributed by atoms with Gasteiger partial charge in [-0.2, -0.15) is 0 Å². The van der Waals surface area contributed by atoms with Crippen molar-refractivity contribution in [2.75, 3.05) is 20.1 Å². The van der Waals surface area contributed by atoms with Crippen LogP contribution in [-0.4, -0.2) is 31.0 Å². The standard InChI is InChI=1S/C12H23N3/c1-3-14-12(13)15(2)8-11-7-9-4-5-10(11)6-9/h9-11H,3-8H2,1-2H3,(H2,13,14). The lowest BCUT2D eigenvalue weighted by Crippen LogP contribution is -2.38. The third-order valence-corrected chi connectivity index (χ3v) is 4.10. The molecule has 0 aliphatic heterocycles. The summed E-state index contributed by atoms with van der Waals surface area (Å²) in [6, 6.07) is 0. The van der Waals surface area contributed by atoms with E-state index in [4.69, 9.17) is 5.73 Å². The van der Waals surface area contributed by atoms with E-state index in [1.54, 1.807) is 0 Å². The van der Waals surface area contributed by atoms with E-state index in [9.17, 15) is 0 Å². The molecule has 0 amide bonds. The summed E-state index contributed by atoms with van der Waals surface area (Å²) in [4.78, 5) is 6.38. The Hall–Kier alpha value is -0.730. The molecule has 0 saturated heterocycles. The first-order valence-electron chi connectivity index (χ1n) is 6.21. The smallest absolute Gasteiger partial charge is 0.190 e. The van der Waals surface area contributed by atoms with Crippen molar-refractivity contribution in [1.82, 2.24) is 4.90 Å². The van der Waals surface area contributed by atoms with Crippen LogP contribution in [0.4, 0.5) is 0 Å². The third-order valence-electron chi connectivity index (χ3n) is 4.10. The van der Waals surface area contributed by atoms with Crippen LogP contribution in [0.2, 0.25) is 0 Å². The van der Waals surface area contributed by atoms with Crippen LogP contribution in [-0.2, 0) is 0 Å². The van der Waals surface area contributed by atoms with Gasteiger partial charge in [-0.3, -0.25) is 4.99 Å². The van der Waals surface area contributed by atoms with Crippen molar-refractivity contribution in [2.45, 2.75) is 32.6 Å². The fraction of sp³-hybridized carbons (Fsp3) is 0.917. The number of guanidine groups is 1. The van der Waals surface area contributed by atoms with Crippen molar-refractivity contribution in [1.29, 1.82) is 0 Å². The molecule has 2 bridgehead atoms. The van der Waals surface area contributed by atoms with E-state index < -0.39 is 0 Å². The summed E-state index contributed by atoms with van der Waals surface area (Å²) >= 11 is 0. The van der Waals surface area contributed by atoms with Gasteiger partial charge in [0.1, 0.15) is 0 Å². The SMILES string of the molecule is CCN=C(N)N(C)CC1CC2CCC1C2. The molecular weight excluding hydrogens is 186 g/mol. The van der Waals surface area contributed by atoms with Crippen molar-refractivity contribution in [3.05, 3.63) is 0 Å². The van der Waals surface area contributed by atoms with Gasteiger partial charge in [-0.05, 0) is 43.9 Å². The van der Waals surface area contributed by atoms with Gasteiger partial charge in [0.05, 0.1) is 0 Å². The first-order valence-corrected chi connectivity index (χ1v) is 6.21. The Morgan fingerprint density at radius 3 is 2.73 bits per heavy atom. The second-order valence-electron chi connectivity index (χ2n) is 5.15. The third kappa shape index (κ3) is 2.27. The Morgan fingerprint density at radius 2 is 2.20 bits per heavy atom. The van der Waals surface area contributed by atoms with E-state index in [0.29, 0.717) is 5.96 Å². The first-order chi connectivity index (χ1) is 7.20. The fourth-order valence-electron chi connectivity index (χ4n) is 3.33. The molecular formula is C12H23N3. The van der Waals surface area contributed by atoms with Crippen LogP contribution in [0.5, 0.6) is 0 Å². The first kappa shape index (κ1) is 10.8. The second-order valence-corrected chi connectivity index (χ2v) is 5.15. The van der Waals surface area contributed by atoms with Gasteiger partial charge in [-0.25, -0.2) is 0 Å². The van der Waals surface area contributed by atoms with Gasteiger partial charge in [0.25, 0.3) is 0 Å². The summed E-state index contributed by atoms with van der Waals surface area (Å²) in [6.07, 6.45) is 5.83. The molecule has 2 saturated carbocycles. The number of nitrogens with two attached hydrogens (primary N) is 1. The Kier molecular flexibility index (Phi) is 3.17. The number of aliphatic imine (C=N–C) groups is 1. The topological polar surface area (TPSA) is 41.6 Å². The van der Waals surface area contributed by atoms with Crippen molar-refractivity contribution in [3.8, 4) is 0 Å². The lowest BCUT2D eigenvalue weighted by Gasteiger charge is -2.27. The lowest BCUT2D eigenvalue weighted by molar-refractivity contribution is 0.275. The van der Waals surface area contributed by atoms with Crippen LogP contribution in [0.1, 0.15) is 32.6 Å². The normalized spacial score (nSPS) is 34.8. The summed E-state index contributed by atoms with van der Waals surface area (Å²) in [6.45, 7) is 3.92. The Balaban J connectivity index is 1.84. The maximum absolute atomic E-state index is 5.88. The van der Waals surface area contributed by atoms with Gasteiger partial charge in [0.2, 0.25) is 0 Å². The van der Waals surface area contributed by atoms with E-state index in [0.717, 1.165) is 30.8 Å². The van der Waals surface area contributed by atoms with Gasteiger partial charge in [0.15, 0.2) is 5.96 Å². The summed E-state index contributed by atoms with van der Waals surface area (Å²) in [5.41, 5.74) is 5.88. The molecule has 3 heteroatoms. The van der Waals surface area contributed by atoms with Crippen LogP contribution < -0.4 is 5.73 Å². The molecule has 0 aromatic heterocycles. The van der Waals surface area contributed by atoms with Crippen molar-refractivity contribution in [3.63, 3.8) is 0 Å². The minimum Gasteiger partial charge on any atom is -0.370 e. The van der Waals surface area contributed by atoms with Gasteiger partial charge >= 0.3 is 0 Å². The Morgan fingerprint density at radius 1 is 1.40 bits per heavy atom. The molecule has 2 aliphatic rings. The zero-order chi connectivity index (χ0) is 10.8. The van der Waals surface area contributed by atoms with E-state index >= 15 is 0 Å². The predicted molar refractivity (Wildman–Crippen MR) is 63.7 cm³/mol. The van der Waals surface area contributed by atoms with E-state index in [1.807, 2.05) is 6.92 Å². The van der Waals surface area contributed by atoms with E-state index in [2.05, 4.69) is 16.9 Å². The Labute approximate surface area is 92.7 Å². The molecule has 2 fully saturated rings. The molecule has 2 N–H and O–H groups in total. The van der Waals surface area contributed by atoms with Crippen LogP contribution in [0.15, 0.2) is 4.99 Å². The molecule has 0 radical (unpaired) electrons. The molecule has 0 aromatic rings. The Bertz CT molecular complexity index is 249. The number of rotatable bonds is 3. The second kappa shape index (κ2) is 4.42. The predicted octanol–water partition coefficient (Wildman–Crippen LogP) is 1.69. The number of hydrogen-bond acceptors (Lipinski definition) is 1. The monoisotopic (exact) mass is 209 g/mol. The molecule has 0 aromatic carbocycles. The lowest BCUT2D eigenvalue weighted by atomic mass is 9.88. The average molecular weight is 209 g/mol. The zero-order valence-corrected chi connectivity index (χ0v) is 9.95. The van der Waals surface area contributed by atoms with Gasteiger partial charge in [-0.15, -0.1) is 0 Å². The van der Waals surface area contributed by atoms with Crippen LogP contribution in [0, 0.1) is 17.8 Å². The molecule has 0 heterocycles. The molecule has 15 heavy (non-hydrogen) atoms. The van der Waals surface area contributed by atoms with Gasteiger partial charge < -0.3 is 10.6 Å². The number of hydrogen-bond donors (Lipinski definition) is 1. The molecule has 0 spiro atoms. The largest absolute Gasteiger partial charge is 0.370 e. The van der Waals surface area contributed by atoms with Gasteiger partial charge in [0, 0.05) is 20.1 Å². The van der Waals surface area contributed by atoms with E-state index in [-0.39, 0.29) is 0 Å². The van der Waals surface area contributed by atoms with Gasteiger partial charge in [-0.1, -0.05) is 6.42 Å².